The normalized spacial score (nSPS) is 11.2. The highest BCUT2D eigenvalue weighted by Gasteiger charge is 2.08. The molecule has 2 radical (unpaired) electrons. The van der Waals surface area contributed by atoms with Crippen molar-refractivity contribution < 1.29 is 38.7 Å². The average Bonchev–Trinajstić information content (AvgIpc) is 3.21. The quantitative estimate of drug-likeness (QED) is 0.0118. The number of esters is 1. The third-order valence-corrected chi connectivity index (χ3v) is 10.0. The lowest BCUT2D eigenvalue weighted by Crippen LogP contribution is -2.30. The maximum absolute atomic E-state index is 11.8. The molecule has 1 atom stereocenters. The first-order chi connectivity index (χ1) is 28.3. The standard InChI is InChI=1S/C26H49BN2O7S.C18H38.C2H4O/c27-23(22-36-29-35-19-18-28-24(30)16-17-25(31)32)21-34-26(33)15-13-11-9-7-5-3-1-2-4-6-8-10-12-14-20-37;1-3-5-7-9-11-13-15-17-18-16-14-12-10-8-6-4-2;1-2-3/h23,29,37H,1-22H2,(H,28,30)(H,31,32);3-18H2,1-2H3;2H,1H3/t23-;;/m0../s1. The molecule has 0 aromatic carbocycles. The molecule has 0 heterocycles. The summed E-state index contributed by atoms with van der Waals surface area (Å²) < 4.78 is 5.18. The number of hydrogen-bond acceptors (Lipinski definition) is 9. The van der Waals surface area contributed by atoms with E-state index in [1.54, 1.807) is 0 Å². The Hall–Kier alpha value is -1.63. The molecule has 0 bridgehead atoms. The Labute approximate surface area is 363 Å². The van der Waals surface area contributed by atoms with Crippen LogP contribution in [0.2, 0.25) is 5.82 Å². The Bertz CT molecular complexity index is 843. The summed E-state index contributed by atoms with van der Waals surface area (Å²) in [4.78, 5) is 52.3. The van der Waals surface area contributed by atoms with Crippen LogP contribution in [-0.4, -0.2) is 69.2 Å². The lowest BCUT2D eigenvalue weighted by molar-refractivity contribution is -0.172. The van der Waals surface area contributed by atoms with Crippen LogP contribution in [0.15, 0.2) is 0 Å². The number of aldehydes is 1. The van der Waals surface area contributed by atoms with Gasteiger partial charge in [-0.1, -0.05) is 199 Å². The van der Waals surface area contributed by atoms with Gasteiger partial charge >= 0.3 is 11.9 Å². The van der Waals surface area contributed by atoms with Crippen molar-refractivity contribution in [3.8, 4) is 0 Å². The molecule has 0 aliphatic rings. The van der Waals surface area contributed by atoms with Gasteiger partial charge in [0.05, 0.1) is 34.1 Å². The molecule has 3 N–H and O–H groups in total. The zero-order valence-corrected chi connectivity index (χ0v) is 38.7. The van der Waals surface area contributed by atoms with Gasteiger partial charge in [-0.25, -0.2) is 0 Å². The number of ether oxygens (including phenoxy) is 1. The first-order valence-corrected chi connectivity index (χ1v) is 24.3. The van der Waals surface area contributed by atoms with Crippen LogP contribution in [0.5, 0.6) is 0 Å². The van der Waals surface area contributed by atoms with Gasteiger partial charge in [0.1, 0.15) is 6.29 Å². The third kappa shape index (κ3) is 61.0. The van der Waals surface area contributed by atoms with Crippen LogP contribution in [-0.2, 0) is 33.6 Å². The molecule has 0 unspecified atom stereocenters. The van der Waals surface area contributed by atoms with E-state index < -0.39 is 11.8 Å². The molecule has 0 saturated carbocycles. The molecule has 1 amide bonds. The van der Waals surface area contributed by atoms with Crippen molar-refractivity contribution in [1.29, 1.82) is 0 Å². The number of thiol groups is 1. The largest absolute Gasteiger partial charge is 0.481 e. The number of unbranched alkanes of at least 4 members (excludes halogenated alkanes) is 28. The van der Waals surface area contributed by atoms with E-state index in [0.29, 0.717) is 6.42 Å². The molecule has 0 aliphatic carbocycles. The molecule has 0 saturated heterocycles. The van der Waals surface area contributed by atoms with Crippen molar-refractivity contribution in [2.24, 2.45) is 0 Å². The number of aliphatic carboxylic acids is 1. The molecule has 0 fully saturated rings. The monoisotopic (exact) mass is 843 g/mol. The smallest absolute Gasteiger partial charge is 0.305 e. The highest BCUT2D eigenvalue weighted by molar-refractivity contribution is 7.80. The Morgan fingerprint density at radius 1 is 0.586 bits per heavy atom. The topological polar surface area (TPSA) is 140 Å². The molecule has 342 valence electrons. The van der Waals surface area contributed by atoms with Gasteiger partial charge in [-0.2, -0.15) is 12.6 Å². The number of rotatable bonds is 43. The fourth-order valence-corrected chi connectivity index (χ4v) is 6.44. The van der Waals surface area contributed by atoms with Crippen molar-refractivity contribution >= 4 is 44.6 Å². The lowest BCUT2D eigenvalue weighted by Gasteiger charge is -2.13. The maximum atomic E-state index is 11.8. The zero-order chi connectivity index (χ0) is 43.4. The van der Waals surface area contributed by atoms with Gasteiger partial charge in [0.2, 0.25) is 5.91 Å². The fourth-order valence-electron chi connectivity index (χ4n) is 6.22. The van der Waals surface area contributed by atoms with Crippen LogP contribution in [0, 0.1) is 0 Å². The van der Waals surface area contributed by atoms with E-state index in [0.717, 1.165) is 31.3 Å². The minimum Gasteiger partial charge on any atom is -0.481 e. The van der Waals surface area contributed by atoms with E-state index in [1.165, 1.54) is 180 Å². The number of amides is 1. The minimum atomic E-state index is -1.02. The number of carbonyl (C=O) groups is 4. The van der Waals surface area contributed by atoms with E-state index in [2.05, 4.69) is 37.4 Å². The molecule has 0 aromatic heterocycles. The number of carbonyl (C=O) groups excluding carboxylic acids is 3. The summed E-state index contributed by atoms with van der Waals surface area (Å²) >= 11 is 4.24. The summed E-state index contributed by atoms with van der Waals surface area (Å²) in [7, 11) is 5.84. The van der Waals surface area contributed by atoms with Crippen LogP contribution in [0.25, 0.3) is 0 Å². The van der Waals surface area contributed by atoms with E-state index in [9.17, 15) is 14.4 Å². The van der Waals surface area contributed by atoms with Gasteiger partial charge in [0.25, 0.3) is 0 Å². The van der Waals surface area contributed by atoms with Crippen molar-refractivity contribution in [2.45, 2.75) is 238 Å². The predicted octanol–water partition coefficient (Wildman–Crippen LogP) is 12.2. The summed E-state index contributed by atoms with van der Waals surface area (Å²) in [6, 6.07) is 0. The fraction of sp³-hybridized carbons (Fsp3) is 0.913. The third-order valence-electron chi connectivity index (χ3n) is 9.71. The first kappa shape index (κ1) is 60.7. The lowest BCUT2D eigenvalue weighted by atomic mass is 9.89. The zero-order valence-electron chi connectivity index (χ0n) is 37.9. The summed E-state index contributed by atoms with van der Waals surface area (Å²) in [5.41, 5.74) is 2.24. The molecule has 0 rings (SSSR count). The second-order valence-corrected chi connectivity index (χ2v) is 16.0. The molecule has 0 aromatic rings. The van der Waals surface area contributed by atoms with Crippen LogP contribution >= 0.6 is 12.6 Å². The Kier molecular flexibility index (Phi) is 57.9. The molecular weight excluding hydrogens is 751 g/mol. The Balaban J connectivity index is -0.00000120. The van der Waals surface area contributed by atoms with Gasteiger partial charge < -0.3 is 20.0 Å². The highest BCUT2D eigenvalue weighted by Crippen LogP contribution is 2.15. The average molecular weight is 843 g/mol. The van der Waals surface area contributed by atoms with Gasteiger partial charge in [-0.3, -0.25) is 24.1 Å². The van der Waals surface area contributed by atoms with E-state index in [1.807, 2.05) is 0 Å². The summed E-state index contributed by atoms with van der Waals surface area (Å²) in [6.45, 7) is 6.51. The van der Waals surface area contributed by atoms with Crippen LogP contribution in [0.4, 0.5) is 0 Å². The molecule has 12 heteroatoms. The van der Waals surface area contributed by atoms with E-state index in [-0.39, 0.29) is 51.1 Å². The van der Waals surface area contributed by atoms with Crippen molar-refractivity contribution in [2.75, 3.05) is 32.1 Å². The summed E-state index contributed by atoms with van der Waals surface area (Å²) in [5, 5.41) is 11.0. The van der Waals surface area contributed by atoms with E-state index >= 15 is 0 Å². The Morgan fingerprint density at radius 2 is 0.966 bits per heavy atom. The minimum absolute atomic E-state index is 0.0653. The molecular formula is C46H91BN2O8S. The Morgan fingerprint density at radius 3 is 1.34 bits per heavy atom. The van der Waals surface area contributed by atoms with Crippen molar-refractivity contribution in [3.05, 3.63) is 0 Å². The predicted molar refractivity (Wildman–Crippen MR) is 245 cm³/mol. The number of hydrogen-bond donors (Lipinski definition) is 4. The number of carboxylic acids is 1. The molecule has 0 spiro atoms. The molecule has 58 heavy (non-hydrogen) atoms. The summed E-state index contributed by atoms with van der Waals surface area (Å²) in [6.07, 6.45) is 41.8. The molecule has 0 aliphatic heterocycles. The van der Waals surface area contributed by atoms with Crippen molar-refractivity contribution in [3.63, 3.8) is 0 Å². The second kappa shape index (κ2) is 55.4. The number of nitrogens with one attached hydrogen (secondary N) is 2. The van der Waals surface area contributed by atoms with Crippen LogP contribution < -0.4 is 11.0 Å². The van der Waals surface area contributed by atoms with Crippen LogP contribution in [0.3, 0.4) is 0 Å². The van der Waals surface area contributed by atoms with E-state index in [4.69, 9.17) is 32.2 Å². The first-order valence-electron chi connectivity index (χ1n) is 23.7. The SMILES string of the molecule is CC=O.CCCCCCCCCCCCCCCCCC.[B][C@H](CONOCCNC(=O)CCC(=O)O)COC(=O)CCCCCCCCCCCCCCCCS. The van der Waals surface area contributed by atoms with Gasteiger partial charge in [-0.15, -0.1) is 0 Å². The highest BCUT2D eigenvalue weighted by atomic mass is 32.1. The van der Waals surface area contributed by atoms with Gasteiger partial charge in [0, 0.05) is 19.4 Å². The van der Waals surface area contributed by atoms with Crippen LogP contribution in [0.1, 0.15) is 233 Å². The van der Waals surface area contributed by atoms with Crippen molar-refractivity contribution in [1.82, 2.24) is 11.0 Å². The summed E-state index contributed by atoms with van der Waals surface area (Å²) in [5.74, 6) is -1.11. The maximum Gasteiger partial charge on any atom is 0.305 e. The van der Waals surface area contributed by atoms with Gasteiger partial charge in [-0.05, 0) is 31.3 Å². The van der Waals surface area contributed by atoms with Gasteiger partial charge in [0.15, 0.2) is 0 Å². The molecule has 10 nitrogen and oxygen atoms in total. The number of carboxylic acid groups (broad SMARTS) is 1. The second-order valence-electron chi connectivity index (χ2n) is 15.5.